The predicted molar refractivity (Wildman–Crippen MR) is 162 cm³/mol. The van der Waals surface area contributed by atoms with Gasteiger partial charge in [0.1, 0.15) is 19.2 Å². The van der Waals surface area contributed by atoms with E-state index in [9.17, 15) is 38.0 Å². The van der Waals surface area contributed by atoms with E-state index in [1.165, 1.54) is 0 Å². The molecule has 0 aliphatic heterocycles. The molecule has 0 spiro atoms. The summed E-state index contributed by atoms with van der Waals surface area (Å²) in [6, 6.07) is 18.5. The summed E-state index contributed by atoms with van der Waals surface area (Å²) in [6.45, 7) is 0.840. The number of fused-ring (bicyclic) bond motifs is 3. The number of non-ortho nitro benzene ring substituents is 1. The van der Waals surface area contributed by atoms with E-state index in [2.05, 4.69) is 5.32 Å². The van der Waals surface area contributed by atoms with Gasteiger partial charge >= 0.3 is 18.0 Å². The number of carboxylic acids is 1. The molecule has 0 aromatic heterocycles. The second kappa shape index (κ2) is 14.8. The first-order chi connectivity index (χ1) is 21.5. The number of hydrogen-bond donors (Lipinski definition) is 2. The number of sulfonamides is 1. The number of esters is 1. The Labute approximate surface area is 260 Å². The Kier molecular flexibility index (Phi) is 10.9. The van der Waals surface area contributed by atoms with E-state index in [1.54, 1.807) is 6.92 Å². The minimum absolute atomic E-state index is 0.00945. The van der Waals surface area contributed by atoms with Gasteiger partial charge in [0, 0.05) is 24.6 Å². The second-order valence-electron chi connectivity index (χ2n) is 10.3. The van der Waals surface area contributed by atoms with Gasteiger partial charge in [-0.25, -0.2) is 18.0 Å². The lowest BCUT2D eigenvalue weighted by atomic mass is 9.98. The molecule has 1 atom stereocenters. The molecule has 14 heteroatoms. The van der Waals surface area contributed by atoms with Crippen LogP contribution in [0.4, 0.5) is 10.5 Å². The van der Waals surface area contributed by atoms with Crippen LogP contribution in [0.25, 0.3) is 11.1 Å². The number of carbonyl (C=O) groups excluding carboxylic acids is 2. The number of carboxylic acid groups (broad SMARTS) is 1. The van der Waals surface area contributed by atoms with Crippen molar-refractivity contribution in [2.45, 2.75) is 43.0 Å². The number of unbranched alkanes of at least 4 members (excludes halogenated alkanes) is 1. The number of ether oxygens (including phenoxy) is 2. The molecule has 13 nitrogen and oxygen atoms in total. The van der Waals surface area contributed by atoms with E-state index in [-0.39, 0.29) is 55.5 Å². The molecule has 0 bridgehead atoms. The first-order valence-electron chi connectivity index (χ1n) is 14.3. The quantitative estimate of drug-likeness (QED) is 0.105. The van der Waals surface area contributed by atoms with Gasteiger partial charge in [0.15, 0.2) is 0 Å². The number of hydrogen-bond acceptors (Lipinski definition) is 9. The molecule has 0 unspecified atom stereocenters. The van der Waals surface area contributed by atoms with E-state index in [0.29, 0.717) is 0 Å². The Morgan fingerprint density at radius 1 is 0.956 bits per heavy atom. The average molecular weight is 640 g/mol. The fourth-order valence-corrected chi connectivity index (χ4v) is 6.62. The lowest BCUT2D eigenvalue weighted by molar-refractivity contribution is -0.384. The van der Waals surface area contributed by atoms with Crippen LogP contribution < -0.4 is 5.32 Å². The van der Waals surface area contributed by atoms with Gasteiger partial charge < -0.3 is 19.9 Å². The zero-order chi connectivity index (χ0) is 32.6. The largest absolute Gasteiger partial charge is 0.480 e. The number of nitro groups is 1. The molecule has 4 rings (SSSR count). The fourth-order valence-electron chi connectivity index (χ4n) is 5.20. The molecule has 1 aliphatic rings. The summed E-state index contributed by atoms with van der Waals surface area (Å²) in [5, 5.41) is 23.0. The Bertz CT molecular complexity index is 1610. The Morgan fingerprint density at radius 3 is 2.11 bits per heavy atom. The van der Waals surface area contributed by atoms with Crippen molar-refractivity contribution in [3.8, 4) is 11.1 Å². The van der Waals surface area contributed by atoms with E-state index in [4.69, 9.17) is 9.47 Å². The third kappa shape index (κ3) is 8.02. The van der Waals surface area contributed by atoms with Gasteiger partial charge in [-0.2, -0.15) is 4.31 Å². The van der Waals surface area contributed by atoms with Gasteiger partial charge in [0.2, 0.25) is 10.0 Å². The molecule has 0 saturated heterocycles. The molecule has 0 radical (unpaired) electrons. The molecule has 3 aromatic carbocycles. The number of benzene rings is 3. The van der Waals surface area contributed by atoms with Crippen molar-refractivity contribution in [1.82, 2.24) is 9.62 Å². The average Bonchev–Trinajstić information content (AvgIpc) is 3.34. The minimum Gasteiger partial charge on any atom is -0.480 e. The van der Waals surface area contributed by atoms with Gasteiger partial charge in [-0.15, -0.1) is 0 Å². The summed E-state index contributed by atoms with van der Waals surface area (Å²) in [5.74, 6) is -2.27. The smallest absolute Gasteiger partial charge is 0.407 e. The summed E-state index contributed by atoms with van der Waals surface area (Å²) in [4.78, 5) is 46.7. The summed E-state index contributed by atoms with van der Waals surface area (Å²) >= 11 is 0. The topological polar surface area (TPSA) is 182 Å². The maximum absolute atomic E-state index is 13.3. The number of amides is 1. The van der Waals surface area contributed by atoms with E-state index >= 15 is 0 Å². The molecule has 1 amide bonds. The predicted octanol–water partition coefficient (Wildman–Crippen LogP) is 4.31. The van der Waals surface area contributed by atoms with E-state index < -0.39 is 45.6 Å². The van der Waals surface area contributed by atoms with Crippen LogP contribution in [0.2, 0.25) is 0 Å². The summed E-state index contributed by atoms with van der Waals surface area (Å²) in [5.41, 5.74) is 3.83. The number of nitro benzene ring substituents is 1. The highest BCUT2D eigenvalue weighted by Gasteiger charge is 2.30. The molecule has 45 heavy (non-hydrogen) atoms. The van der Waals surface area contributed by atoms with Crippen LogP contribution in [0.3, 0.4) is 0 Å². The SMILES string of the molecule is CCOC(=O)CN(CCCC[C@H](NC(=O)OCC1c2ccccc2-c2ccccc21)C(=O)O)S(=O)(=O)c1ccc([N+](=O)[O-])cc1. The van der Waals surface area contributed by atoms with Crippen LogP contribution in [0.1, 0.15) is 43.2 Å². The number of alkyl carbamates (subject to hydrolysis) is 1. The number of nitrogens with one attached hydrogen (secondary N) is 1. The van der Waals surface area contributed by atoms with Gasteiger partial charge in [0.25, 0.3) is 5.69 Å². The number of nitrogens with zero attached hydrogens (tertiary/aromatic N) is 2. The highest BCUT2D eigenvalue weighted by Crippen LogP contribution is 2.44. The highest BCUT2D eigenvalue weighted by molar-refractivity contribution is 7.89. The van der Waals surface area contributed by atoms with Crippen LogP contribution in [0.15, 0.2) is 77.7 Å². The summed E-state index contributed by atoms with van der Waals surface area (Å²) in [6.07, 6.45) is -0.615. The minimum atomic E-state index is -4.25. The number of carbonyl (C=O) groups is 3. The zero-order valence-electron chi connectivity index (χ0n) is 24.5. The molecule has 3 aromatic rings. The third-order valence-corrected chi connectivity index (χ3v) is 9.24. The molecule has 1 aliphatic carbocycles. The molecule has 238 valence electrons. The summed E-state index contributed by atoms with van der Waals surface area (Å²) < 4.78 is 37.7. The van der Waals surface area contributed by atoms with E-state index in [1.807, 2.05) is 48.5 Å². The first kappa shape index (κ1) is 33.1. The molecule has 0 heterocycles. The van der Waals surface area contributed by atoms with Crippen molar-refractivity contribution in [1.29, 1.82) is 0 Å². The standard InChI is InChI=1S/C31H33N3O10S/c1-2-43-29(35)19-33(45(41,42)22-16-14-21(15-17-22)34(39)40)18-8-7-13-28(30(36)37)32-31(38)44-20-27-25-11-5-3-9-23(25)24-10-4-6-12-26(24)27/h3-6,9-12,14-17,27-28H,2,7-8,13,18-20H2,1H3,(H,32,38)(H,36,37)/t28-/m0/s1. The Morgan fingerprint density at radius 2 is 1.56 bits per heavy atom. The molecule has 0 saturated carbocycles. The number of rotatable bonds is 15. The van der Waals surface area contributed by atoms with Crippen LogP contribution in [-0.4, -0.2) is 73.1 Å². The van der Waals surface area contributed by atoms with Crippen LogP contribution >= 0.6 is 0 Å². The fraction of sp³-hybridized carbons (Fsp3) is 0.323. The maximum atomic E-state index is 13.3. The van der Waals surface area contributed by atoms with Crippen molar-refractivity contribution < 1.29 is 42.3 Å². The van der Waals surface area contributed by atoms with Crippen molar-refractivity contribution in [2.75, 3.05) is 26.3 Å². The normalized spacial score (nSPS) is 13.0. The van der Waals surface area contributed by atoms with Crippen LogP contribution in [0, 0.1) is 10.1 Å². The Balaban J connectivity index is 1.34. The van der Waals surface area contributed by atoms with Crippen molar-refractivity contribution >= 4 is 33.7 Å². The second-order valence-corrected chi connectivity index (χ2v) is 12.2. The maximum Gasteiger partial charge on any atom is 0.407 e. The van der Waals surface area contributed by atoms with Gasteiger partial charge in [-0.1, -0.05) is 48.5 Å². The summed E-state index contributed by atoms with van der Waals surface area (Å²) in [7, 11) is -4.25. The zero-order valence-corrected chi connectivity index (χ0v) is 25.3. The Hall–Kier alpha value is -4.82. The van der Waals surface area contributed by atoms with Crippen molar-refractivity contribution in [3.05, 3.63) is 94.0 Å². The molecular formula is C31H33N3O10S. The van der Waals surface area contributed by atoms with Gasteiger partial charge in [-0.3, -0.25) is 14.9 Å². The van der Waals surface area contributed by atoms with Crippen molar-refractivity contribution in [2.24, 2.45) is 0 Å². The molecule has 0 fully saturated rings. The monoisotopic (exact) mass is 639 g/mol. The highest BCUT2D eigenvalue weighted by atomic mass is 32.2. The number of aliphatic carboxylic acids is 1. The van der Waals surface area contributed by atoms with Crippen LogP contribution in [0.5, 0.6) is 0 Å². The van der Waals surface area contributed by atoms with Crippen molar-refractivity contribution in [3.63, 3.8) is 0 Å². The van der Waals surface area contributed by atoms with Crippen LogP contribution in [-0.2, 0) is 29.1 Å². The third-order valence-electron chi connectivity index (χ3n) is 7.38. The molecule has 2 N–H and O–H groups in total. The first-order valence-corrected chi connectivity index (χ1v) is 15.7. The van der Waals surface area contributed by atoms with E-state index in [0.717, 1.165) is 50.8 Å². The van der Waals surface area contributed by atoms with Gasteiger partial charge in [-0.05, 0) is 60.6 Å². The lowest BCUT2D eigenvalue weighted by Gasteiger charge is -2.22. The molecular weight excluding hydrogens is 606 g/mol. The van der Waals surface area contributed by atoms with Gasteiger partial charge in [0.05, 0.1) is 16.4 Å². The lowest BCUT2D eigenvalue weighted by Crippen LogP contribution is -2.41.